The average Bonchev–Trinajstić information content (AvgIpc) is 3.59. The van der Waals surface area contributed by atoms with E-state index >= 15 is 0 Å². The van der Waals surface area contributed by atoms with Crippen LogP contribution < -0.4 is 0 Å². The zero-order valence-corrected chi connectivity index (χ0v) is 28.1. The minimum absolute atomic E-state index is 0.0968. The van der Waals surface area contributed by atoms with Crippen LogP contribution in [-0.2, 0) is 0 Å². The van der Waals surface area contributed by atoms with Crippen LogP contribution in [-0.4, -0.2) is 22.4 Å². The molecular formula is C39H67B3. The second-order valence-corrected chi connectivity index (χ2v) is 17.5. The van der Waals surface area contributed by atoms with E-state index in [1.165, 1.54) is 212 Å². The van der Waals surface area contributed by atoms with Gasteiger partial charge in [-0.1, -0.05) is 201 Å². The molecule has 4 aliphatic carbocycles. The fourth-order valence-corrected chi connectivity index (χ4v) is 12.6. The molecule has 0 aromatic rings. The van der Waals surface area contributed by atoms with Crippen molar-refractivity contribution in [2.75, 3.05) is 0 Å². The molecule has 6 rings (SSSR count). The van der Waals surface area contributed by atoms with Gasteiger partial charge >= 0.3 is 0 Å². The van der Waals surface area contributed by atoms with Crippen molar-refractivity contribution in [2.45, 2.75) is 234 Å². The van der Waals surface area contributed by atoms with Gasteiger partial charge in [0, 0.05) is 0 Å². The van der Waals surface area contributed by atoms with E-state index in [0.717, 1.165) is 5.82 Å². The van der Waals surface area contributed by atoms with Crippen molar-refractivity contribution >= 4 is 22.4 Å². The van der Waals surface area contributed by atoms with E-state index in [2.05, 4.69) is 14.6 Å². The summed E-state index contributed by atoms with van der Waals surface area (Å²) in [7, 11) is 14.0. The van der Waals surface area contributed by atoms with Gasteiger partial charge in [-0.3, -0.25) is 0 Å². The smallest absolute Gasteiger partial charge is 0.0819 e. The molecule has 0 aromatic heterocycles. The van der Waals surface area contributed by atoms with Crippen molar-refractivity contribution in [3.8, 4) is 0 Å². The highest BCUT2D eigenvalue weighted by Gasteiger charge is 2.65. The summed E-state index contributed by atoms with van der Waals surface area (Å²) >= 11 is 0. The largest absolute Gasteiger partial charge is 0.116 e. The number of hydrogen-bond acceptors (Lipinski definition) is 0. The lowest BCUT2D eigenvalue weighted by molar-refractivity contribution is 0.0677. The Hall–Kier alpha value is 0.195. The van der Waals surface area contributed by atoms with Gasteiger partial charge in [0.15, 0.2) is 0 Å². The fourth-order valence-electron chi connectivity index (χ4n) is 12.6. The molecule has 4 saturated carbocycles. The van der Waals surface area contributed by atoms with Crippen molar-refractivity contribution in [3.63, 3.8) is 0 Å². The minimum Gasteiger partial charge on any atom is -0.0819 e. The van der Waals surface area contributed by atoms with Gasteiger partial charge in [0.1, 0.15) is 14.6 Å². The molecule has 6 aliphatic rings. The summed E-state index contributed by atoms with van der Waals surface area (Å²) in [5, 5.41) is 1.03. The summed E-state index contributed by atoms with van der Waals surface area (Å²) in [5.74, 6) is 0.877. The number of hydrogen-bond donors (Lipinski definition) is 0. The monoisotopic (exact) mass is 569 g/mol. The van der Waals surface area contributed by atoms with Crippen LogP contribution in [0.3, 0.4) is 0 Å². The predicted octanol–water partition coefficient (Wildman–Crippen LogP) is 12.7. The number of fused-ring (bicyclic) bond motifs is 5. The van der Waals surface area contributed by atoms with E-state index in [1.807, 2.05) is 0 Å². The first-order valence-electron chi connectivity index (χ1n) is 20.0. The molecule has 0 N–H and O–H groups in total. The van der Waals surface area contributed by atoms with Crippen LogP contribution in [0, 0.1) is 10.8 Å². The topological polar surface area (TPSA) is 0 Å². The van der Waals surface area contributed by atoms with Gasteiger partial charge in [-0.25, -0.2) is 0 Å². The summed E-state index contributed by atoms with van der Waals surface area (Å²) in [4.78, 5) is 0. The highest BCUT2D eigenvalue weighted by Crippen LogP contribution is 2.77. The van der Waals surface area contributed by atoms with Crippen LogP contribution >= 0.6 is 0 Å². The maximum Gasteiger partial charge on any atom is 0.116 e. The molecule has 0 nitrogen and oxygen atoms in total. The van der Waals surface area contributed by atoms with Crippen molar-refractivity contribution in [1.82, 2.24) is 0 Å². The Morgan fingerprint density at radius 2 is 0.905 bits per heavy atom. The van der Waals surface area contributed by atoms with Crippen molar-refractivity contribution in [1.29, 1.82) is 0 Å². The van der Waals surface area contributed by atoms with E-state index in [4.69, 9.17) is 7.85 Å². The highest BCUT2D eigenvalue weighted by atomic mass is 14.6. The Bertz CT molecular complexity index is 821. The highest BCUT2D eigenvalue weighted by molar-refractivity contribution is 6.66. The predicted molar refractivity (Wildman–Crippen MR) is 186 cm³/mol. The first kappa shape index (κ1) is 32.1. The Kier molecular flexibility index (Phi) is 11.0. The van der Waals surface area contributed by atoms with Crippen LogP contribution in [0.4, 0.5) is 0 Å². The van der Waals surface area contributed by atoms with E-state index in [1.54, 1.807) is 0 Å². The molecule has 4 unspecified atom stereocenters. The molecule has 0 amide bonds. The SMILES string of the molecule is [B]C1(C23CCCCCC(C45[B]C([B]C6CCCCCCCCC6)(CCCCC4)CC5)(CC2)C3)CCCCCCCCC1. The number of rotatable bonds is 4. The van der Waals surface area contributed by atoms with Gasteiger partial charge < -0.3 is 0 Å². The van der Waals surface area contributed by atoms with Gasteiger partial charge in [0.05, 0.1) is 7.85 Å². The maximum absolute atomic E-state index is 7.84. The second kappa shape index (κ2) is 14.3. The molecule has 4 bridgehead atoms. The third kappa shape index (κ3) is 6.81. The fraction of sp³-hybridized carbons (Fsp3) is 1.00. The van der Waals surface area contributed by atoms with Crippen LogP contribution in [0.15, 0.2) is 0 Å². The van der Waals surface area contributed by atoms with Crippen LogP contribution in [0.2, 0.25) is 21.7 Å². The van der Waals surface area contributed by atoms with Crippen LogP contribution in [0.1, 0.15) is 212 Å². The van der Waals surface area contributed by atoms with Crippen molar-refractivity contribution < 1.29 is 0 Å². The Labute approximate surface area is 266 Å². The normalized spacial score (nSPS) is 41.3. The molecule has 4 atom stereocenters. The molecule has 2 saturated heterocycles. The van der Waals surface area contributed by atoms with Crippen molar-refractivity contribution in [3.05, 3.63) is 0 Å². The standard InChI is InChI=1S/C39H67B3/c40-37(25-17-9-5-2-6-10-18-26-37)35-23-15-11-16-24-36(33-35,30-29-35)38-27-19-12-20-28-39(42-38,32-31-38)41-34-21-13-7-3-1-4-8-14-22-34/h34H,1-33H2. The van der Waals surface area contributed by atoms with E-state index in [9.17, 15) is 0 Å². The molecule has 2 heterocycles. The molecular weight excluding hydrogens is 501 g/mol. The quantitative estimate of drug-likeness (QED) is 0.296. The molecule has 0 aromatic carbocycles. The summed E-state index contributed by atoms with van der Waals surface area (Å²) in [5.41, 5.74) is 0.960. The van der Waals surface area contributed by atoms with Gasteiger partial charge in [0.25, 0.3) is 0 Å². The Morgan fingerprint density at radius 3 is 1.57 bits per heavy atom. The summed E-state index contributed by atoms with van der Waals surface area (Å²) in [6, 6.07) is 0. The molecule has 2 aliphatic heterocycles. The zero-order valence-electron chi connectivity index (χ0n) is 28.1. The third-order valence-electron chi connectivity index (χ3n) is 15.0. The first-order chi connectivity index (χ1) is 20.5. The van der Waals surface area contributed by atoms with Crippen molar-refractivity contribution in [2.24, 2.45) is 10.8 Å². The van der Waals surface area contributed by atoms with Gasteiger partial charge in [-0.05, 0) is 42.9 Å². The summed E-state index contributed by atoms with van der Waals surface area (Å²) in [6.45, 7) is 0. The third-order valence-corrected chi connectivity index (χ3v) is 15.0. The molecule has 4 radical (unpaired) electrons. The van der Waals surface area contributed by atoms with Crippen LogP contribution in [0.25, 0.3) is 0 Å². The Balaban J connectivity index is 1.26. The lowest BCUT2D eigenvalue weighted by atomic mass is 9.23. The lowest BCUT2D eigenvalue weighted by Gasteiger charge is -2.55. The second-order valence-electron chi connectivity index (χ2n) is 17.5. The van der Waals surface area contributed by atoms with Crippen LogP contribution in [0.5, 0.6) is 0 Å². The summed E-state index contributed by atoms with van der Waals surface area (Å²) < 4.78 is 0. The van der Waals surface area contributed by atoms with Gasteiger partial charge in [-0.15, -0.1) is 0 Å². The Morgan fingerprint density at radius 1 is 0.429 bits per heavy atom. The van der Waals surface area contributed by atoms with E-state index in [0.29, 0.717) is 21.4 Å². The van der Waals surface area contributed by atoms with E-state index in [-0.39, 0.29) is 5.31 Å². The van der Waals surface area contributed by atoms with E-state index < -0.39 is 0 Å². The van der Waals surface area contributed by atoms with Gasteiger partial charge in [0.2, 0.25) is 0 Å². The molecule has 3 heteroatoms. The minimum atomic E-state index is 0.0968. The molecule has 232 valence electrons. The molecule has 6 fully saturated rings. The summed E-state index contributed by atoms with van der Waals surface area (Å²) in [6.07, 6.45) is 48.2. The first-order valence-corrected chi connectivity index (χ1v) is 20.0. The molecule has 0 spiro atoms. The average molecular weight is 568 g/mol. The lowest BCUT2D eigenvalue weighted by Crippen LogP contribution is -2.44. The zero-order chi connectivity index (χ0) is 28.8. The maximum atomic E-state index is 7.84. The molecule has 42 heavy (non-hydrogen) atoms. The van der Waals surface area contributed by atoms with Gasteiger partial charge in [-0.2, -0.15) is 0 Å².